The van der Waals surface area contributed by atoms with Crippen molar-refractivity contribution in [3.8, 4) is 0 Å². The molecule has 2 N–H and O–H groups in total. The van der Waals surface area contributed by atoms with Gasteiger partial charge in [-0.25, -0.2) is 0 Å². The lowest BCUT2D eigenvalue weighted by molar-refractivity contribution is -0.251. The predicted octanol–water partition coefficient (Wildman–Crippen LogP) is 1.18. The van der Waals surface area contributed by atoms with E-state index in [1.165, 1.54) is 12.1 Å². The van der Waals surface area contributed by atoms with Crippen LogP contribution in [0.15, 0.2) is 30.3 Å². The van der Waals surface area contributed by atoms with Crippen LogP contribution in [-0.2, 0) is 4.79 Å². The van der Waals surface area contributed by atoms with E-state index in [1.807, 2.05) is 0 Å². The van der Waals surface area contributed by atoms with Crippen LogP contribution in [0.2, 0.25) is 0 Å². The summed E-state index contributed by atoms with van der Waals surface area (Å²) in [5, 5.41) is 14.4. The maximum atomic E-state index is 12.1. The number of rotatable bonds is 5. The quantitative estimate of drug-likeness (QED) is 0.856. The van der Waals surface area contributed by atoms with E-state index < -0.39 is 41.1 Å². The second kappa shape index (κ2) is 7.04. The van der Waals surface area contributed by atoms with Gasteiger partial charge >= 0.3 is 5.51 Å². The molecule has 0 spiro atoms. The smallest absolute Gasteiger partial charge is 0.441 e. The molecule has 9 heteroatoms. The standard InChI is InChI=1S/C11H11F3N2O3S/c12-11(13,14)20-6-8(16-10(18)19)9(17)15-7-4-2-1-3-5-7/h1-5,8,16H,6H2,(H,15,17)(H,18,19)/p-1/t8-/m0/s1. The molecular formula is C11H10F3N2O3S-. The van der Waals surface area contributed by atoms with Crippen LogP contribution in [-0.4, -0.2) is 29.3 Å². The van der Waals surface area contributed by atoms with Crippen molar-refractivity contribution in [2.24, 2.45) is 0 Å². The predicted molar refractivity (Wildman–Crippen MR) is 65.9 cm³/mol. The Bertz CT molecular complexity index is 468. The summed E-state index contributed by atoms with van der Waals surface area (Å²) in [6, 6.07) is 6.39. The highest BCUT2D eigenvalue weighted by atomic mass is 32.2. The van der Waals surface area contributed by atoms with Gasteiger partial charge in [-0.1, -0.05) is 18.2 Å². The Morgan fingerprint density at radius 2 is 1.85 bits per heavy atom. The first-order valence-corrected chi connectivity index (χ1v) is 6.30. The molecule has 0 aromatic heterocycles. The number of carbonyl (C=O) groups is 2. The fourth-order valence-corrected chi connectivity index (χ4v) is 1.84. The average molecular weight is 307 g/mol. The molecule has 110 valence electrons. The largest absolute Gasteiger partial charge is 0.530 e. The van der Waals surface area contributed by atoms with Crippen LogP contribution < -0.4 is 15.7 Å². The molecule has 0 aliphatic heterocycles. The van der Waals surface area contributed by atoms with E-state index in [0.717, 1.165) is 0 Å². The van der Waals surface area contributed by atoms with Gasteiger partial charge in [0.25, 0.3) is 0 Å². The van der Waals surface area contributed by atoms with Gasteiger partial charge in [-0.3, -0.25) is 4.79 Å². The zero-order valence-corrected chi connectivity index (χ0v) is 10.8. The molecule has 1 aromatic carbocycles. The monoisotopic (exact) mass is 307 g/mol. The van der Waals surface area contributed by atoms with Crippen LogP contribution in [0, 0.1) is 0 Å². The summed E-state index contributed by atoms with van der Waals surface area (Å²) >= 11 is -0.492. The highest BCUT2D eigenvalue weighted by Gasteiger charge is 2.31. The third kappa shape index (κ3) is 6.32. The van der Waals surface area contributed by atoms with Crippen LogP contribution in [0.5, 0.6) is 0 Å². The lowest BCUT2D eigenvalue weighted by Crippen LogP contribution is -2.50. The molecule has 0 fully saturated rings. The maximum absolute atomic E-state index is 12.1. The number of carboxylic acid groups (broad SMARTS) is 1. The van der Waals surface area contributed by atoms with Crippen molar-refractivity contribution in [3.05, 3.63) is 30.3 Å². The van der Waals surface area contributed by atoms with Gasteiger partial charge in [0.15, 0.2) is 0 Å². The molecule has 5 nitrogen and oxygen atoms in total. The number of thioether (sulfide) groups is 1. The molecule has 0 saturated heterocycles. The third-order valence-corrected chi connectivity index (χ3v) is 2.89. The first-order chi connectivity index (χ1) is 9.28. The van der Waals surface area contributed by atoms with Gasteiger partial charge in [0, 0.05) is 11.4 Å². The number of anilines is 1. The minimum Gasteiger partial charge on any atom is -0.530 e. The molecular weight excluding hydrogens is 297 g/mol. The summed E-state index contributed by atoms with van der Waals surface area (Å²) in [7, 11) is 0. The highest BCUT2D eigenvalue weighted by Crippen LogP contribution is 2.30. The molecule has 0 aliphatic carbocycles. The lowest BCUT2D eigenvalue weighted by Gasteiger charge is -2.20. The topological polar surface area (TPSA) is 81.3 Å². The van der Waals surface area contributed by atoms with Crippen LogP contribution in [0.3, 0.4) is 0 Å². The van der Waals surface area contributed by atoms with E-state index in [-0.39, 0.29) is 0 Å². The molecule has 0 saturated carbocycles. The Morgan fingerprint density at radius 1 is 1.25 bits per heavy atom. The van der Waals surface area contributed by atoms with Crippen molar-refractivity contribution in [3.63, 3.8) is 0 Å². The number of hydrogen-bond donors (Lipinski definition) is 2. The summed E-state index contributed by atoms with van der Waals surface area (Å²) in [6.45, 7) is 0. The van der Waals surface area contributed by atoms with Crippen LogP contribution in [0.4, 0.5) is 23.7 Å². The Morgan fingerprint density at radius 3 is 2.35 bits per heavy atom. The average Bonchev–Trinajstić information content (AvgIpc) is 2.34. The number of para-hydroxylation sites is 1. The number of nitrogens with one attached hydrogen (secondary N) is 2. The van der Waals surface area contributed by atoms with Gasteiger partial charge in [-0.15, -0.1) is 0 Å². The molecule has 0 aliphatic rings. The minimum atomic E-state index is -4.56. The zero-order valence-electron chi connectivity index (χ0n) is 9.94. The molecule has 0 unspecified atom stereocenters. The Balaban J connectivity index is 2.66. The molecule has 20 heavy (non-hydrogen) atoms. The van der Waals surface area contributed by atoms with Gasteiger partial charge in [-0.2, -0.15) is 13.2 Å². The van der Waals surface area contributed by atoms with Crippen molar-refractivity contribution in [2.75, 3.05) is 11.1 Å². The molecule has 2 amide bonds. The van der Waals surface area contributed by atoms with Crippen LogP contribution in [0.25, 0.3) is 0 Å². The molecule has 1 aromatic rings. The van der Waals surface area contributed by atoms with E-state index in [9.17, 15) is 27.9 Å². The van der Waals surface area contributed by atoms with Crippen LogP contribution in [0.1, 0.15) is 0 Å². The second-order valence-electron chi connectivity index (χ2n) is 3.60. The van der Waals surface area contributed by atoms with E-state index in [0.29, 0.717) is 5.69 Å². The number of halogens is 3. The number of hydrogen-bond acceptors (Lipinski definition) is 4. The normalized spacial score (nSPS) is 12.6. The SMILES string of the molecule is O=C([O-])N[C@@H](CSC(F)(F)F)C(=O)Nc1ccccc1. The van der Waals surface area contributed by atoms with Crippen molar-refractivity contribution in [2.45, 2.75) is 11.6 Å². The highest BCUT2D eigenvalue weighted by molar-refractivity contribution is 8.00. The molecule has 0 heterocycles. The summed E-state index contributed by atoms with van der Waals surface area (Å²) in [6.07, 6.45) is -1.82. The third-order valence-electron chi connectivity index (χ3n) is 2.06. The maximum Gasteiger partial charge on any atom is 0.441 e. The minimum absolute atomic E-state index is 0.347. The van der Waals surface area contributed by atoms with Gasteiger partial charge in [0.05, 0.1) is 0 Å². The molecule has 0 radical (unpaired) electrons. The van der Waals surface area contributed by atoms with Gasteiger partial charge in [0.1, 0.15) is 12.1 Å². The molecule has 1 atom stereocenters. The summed E-state index contributed by atoms with van der Waals surface area (Å²) in [5.74, 6) is -1.67. The van der Waals surface area contributed by atoms with Crippen LogP contribution >= 0.6 is 11.8 Å². The van der Waals surface area contributed by atoms with Crippen molar-refractivity contribution < 1.29 is 27.9 Å². The first-order valence-electron chi connectivity index (χ1n) is 5.32. The van der Waals surface area contributed by atoms with Crippen molar-refractivity contribution in [1.82, 2.24) is 5.32 Å². The lowest BCUT2D eigenvalue weighted by atomic mass is 10.2. The Labute approximate surface area is 116 Å². The Hall–Kier alpha value is -1.90. The second-order valence-corrected chi connectivity index (χ2v) is 4.68. The van der Waals surface area contributed by atoms with E-state index in [4.69, 9.17) is 0 Å². The van der Waals surface area contributed by atoms with E-state index in [1.54, 1.807) is 23.5 Å². The van der Waals surface area contributed by atoms with Crippen molar-refractivity contribution >= 4 is 29.4 Å². The van der Waals surface area contributed by atoms with E-state index >= 15 is 0 Å². The fraction of sp³-hybridized carbons (Fsp3) is 0.273. The number of alkyl halides is 3. The molecule has 1 rings (SSSR count). The summed E-state index contributed by atoms with van der Waals surface area (Å²) in [5.41, 5.74) is -4.21. The summed E-state index contributed by atoms with van der Waals surface area (Å²) < 4.78 is 36.3. The van der Waals surface area contributed by atoms with Gasteiger partial charge in [0.2, 0.25) is 5.91 Å². The summed E-state index contributed by atoms with van der Waals surface area (Å²) in [4.78, 5) is 22.1. The van der Waals surface area contributed by atoms with Crippen molar-refractivity contribution in [1.29, 1.82) is 0 Å². The number of benzene rings is 1. The Kier molecular flexibility index (Phi) is 5.68. The van der Waals surface area contributed by atoms with Gasteiger partial charge < -0.3 is 20.5 Å². The zero-order chi connectivity index (χ0) is 15.2. The van der Waals surface area contributed by atoms with E-state index in [2.05, 4.69) is 5.32 Å². The van der Waals surface area contributed by atoms with Gasteiger partial charge in [-0.05, 0) is 23.9 Å². The molecule has 0 bridgehead atoms. The number of amides is 2. The first kappa shape index (κ1) is 16.2. The fourth-order valence-electron chi connectivity index (χ4n) is 1.25. The number of carbonyl (C=O) groups excluding carboxylic acids is 2.